The predicted molar refractivity (Wildman–Crippen MR) is 77.4 cm³/mol. The lowest BCUT2D eigenvalue weighted by molar-refractivity contribution is 0.253. The molecule has 0 unspecified atom stereocenters. The molecule has 0 atom stereocenters. The van der Waals surface area contributed by atoms with Gasteiger partial charge in [-0.2, -0.15) is 0 Å². The van der Waals surface area contributed by atoms with Gasteiger partial charge in [-0.3, -0.25) is 4.98 Å². The van der Waals surface area contributed by atoms with E-state index in [9.17, 15) is 0 Å². The molecule has 3 rings (SSSR count). The van der Waals surface area contributed by atoms with Gasteiger partial charge in [-0.1, -0.05) is 18.2 Å². The second-order valence-electron chi connectivity index (χ2n) is 5.16. The van der Waals surface area contributed by atoms with E-state index in [1.54, 1.807) is 0 Å². The number of aromatic nitrogens is 1. The van der Waals surface area contributed by atoms with Crippen molar-refractivity contribution in [3.8, 4) is 5.75 Å². The summed E-state index contributed by atoms with van der Waals surface area (Å²) in [6, 6.07) is 10.1. The molecule has 0 radical (unpaired) electrons. The Labute approximate surface area is 114 Å². The van der Waals surface area contributed by atoms with Crippen molar-refractivity contribution in [3.63, 3.8) is 0 Å². The van der Waals surface area contributed by atoms with Gasteiger partial charge in [0.1, 0.15) is 11.3 Å². The summed E-state index contributed by atoms with van der Waals surface area (Å²) in [5.41, 5.74) is 0.968. The van der Waals surface area contributed by atoms with Gasteiger partial charge in [0.15, 0.2) is 0 Å². The molecular weight excluding hydrogens is 236 g/mol. The Bertz CT molecular complexity index is 530. The molecule has 1 aromatic carbocycles. The Morgan fingerprint density at radius 3 is 2.89 bits per heavy atom. The van der Waals surface area contributed by atoms with Crippen molar-refractivity contribution in [1.29, 1.82) is 0 Å². The van der Waals surface area contributed by atoms with Crippen LogP contribution in [0, 0.1) is 5.92 Å². The number of hydrogen-bond donors (Lipinski definition) is 1. The number of piperidine rings is 1. The molecule has 0 amide bonds. The van der Waals surface area contributed by atoms with Crippen LogP contribution in [0.4, 0.5) is 0 Å². The van der Waals surface area contributed by atoms with Gasteiger partial charge < -0.3 is 10.1 Å². The lowest BCUT2D eigenvalue weighted by Crippen LogP contribution is -2.28. The molecule has 2 aromatic rings. The van der Waals surface area contributed by atoms with Crippen LogP contribution in [0.25, 0.3) is 10.9 Å². The molecule has 2 heterocycles. The average Bonchev–Trinajstić information content (AvgIpc) is 2.49. The molecule has 19 heavy (non-hydrogen) atoms. The third kappa shape index (κ3) is 3.04. The SMILES string of the molecule is c1cnc2c(OCCC3CCNCC3)cccc2c1. The Kier molecular flexibility index (Phi) is 3.94. The zero-order chi connectivity index (χ0) is 12.9. The van der Waals surface area contributed by atoms with E-state index in [4.69, 9.17) is 4.74 Å². The number of benzene rings is 1. The quantitative estimate of drug-likeness (QED) is 0.913. The van der Waals surface area contributed by atoms with Crippen molar-refractivity contribution in [3.05, 3.63) is 36.5 Å². The van der Waals surface area contributed by atoms with Crippen LogP contribution in [0.3, 0.4) is 0 Å². The third-order valence-corrected chi connectivity index (χ3v) is 3.84. The first-order valence-electron chi connectivity index (χ1n) is 7.11. The zero-order valence-electron chi connectivity index (χ0n) is 11.1. The fraction of sp³-hybridized carbons (Fsp3) is 0.438. The van der Waals surface area contributed by atoms with E-state index < -0.39 is 0 Å². The zero-order valence-corrected chi connectivity index (χ0v) is 11.1. The predicted octanol–water partition coefficient (Wildman–Crippen LogP) is 3.00. The maximum Gasteiger partial charge on any atom is 0.145 e. The summed E-state index contributed by atoms with van der Waals surface area (Å²) in [6.07, 6.45) is 5.52. The number of pyridine rings is 1. The average molecular weight is 256 g/mol. The molecular formula is C16H20N2O. The minimum Gasteiger partial charge on any atom is -0.491 e. The normalized spacial score (nSPS) is 16.6. The van der Waals surface area contributed by atoms with Crippen LogP contribution < -0.4 is 10.1 Å². The van der Waals surface area contributed by atoms with E-state index >= 15 is 0 Å². The van der Waals surface area contributed by atoms with Crippen molar-refractivity contribution < 1.29 is 4.74 Å². The Morgan fingerprint density at radius 2 is 2.00 bits per heavy atom. The van der Waals surface area contributed by atoms with Crippen molar-refractivity contribution in [2.45, 2.75) is 19.3 Å². The summed E-state index contributed by atoms with van der Waals surface area (Å²) in [5.74, 6) is 1.72. The van der Waals surface area contributed by atoms with Gasteiger partial charge >= 0.3 is 0 Å². The van der Waals surface area contributed by atoms with E-state index in [0.29, 0.717) is 0 Å². The highest BCUT2D eigenvalue weighted by atomic mass is 16.5. The van der Waals surface area contributed by atoms with E-state index in [2.05, 4.69) is 22.4 Å². The van der Waals surface area contributed by atoms with E-state index in [1.165, 1.54) is 12.8 Å². The van der Waals surface area contributed by atoms with Gasteiger partial charge in [0, 0.05) is 11.6 Å². The smallest absolute Gasteiger partial charge is 0.145 e. The molecule has 0 bridgehead atoms. The molecule has 1 N–H and O–H groups in total. The van der Waals surface area contributed by atoms with E-state index in [-0.39, 0.29) is 0 Å². The molecule has 1 aromatic heterocycles. The van der Waals surface area contributed by atoms with Gasteiger partial charge in [0.2, 0.25) is 0 Å². The van der Waals surface area contributed by atoms with Crippen molar-refractivity contribution in [2.75, 3.05) is 19.7 Å². The molecule has 3 heteroatoms. The summed E-state index contributed by atoms with van der Waals surface area (Å²) in [5, 5.41) is 4.54. The fourth-order valence-corrected chi connectivity index (χ4v) is 2.70. The minimum atomic E-state index is 0.792. The topological polar surface area (TPSA) is 34.1 Å². The Balaban J connectivity index is 1.62. The Morgan fingerprint density at radius 1 is 1.16 bits per heavy atom. The molecule has 0 spiro atoms. The van der Waals surface area contributed by atoms with Crippen LogP contribution in [0.5, 0.6) is 5.75 Å². The van der Waals surface area contributed by atoms with E-state index in [0.717, 1.165) is 48.7 Å². The molecule has 0 saturated carbocycles. The van der Waals surface area contributed by atoms with E-state index in [1.807, 2.05) is 24.4 Å². The van der Waals surface area contributed by atoms with Crippen molar-refractivity contribution in [2.24, 2.45) is 5.92 Å². The van der Waals surface area contributed by atoms with Crippen molar-refractivity contribution in [1.82, 2.24) is 10.3 Å². The first-order chi connectivity index (χ1) is 9.43. The highest BCUT2D eigenvalue weighted by Gasteiger charge is 2.13. The monoisotopic (exact) mass is 256 g/mol. The van der Waals surface area contributed by atoms with Gasteiger partial charge in [0.25, 0.3) is 0 Å². The second kappa shape index (κ2) is 6.02. The summed E-state index contributed by atoms with van der Waals surface area (Å²) in [6.45, 7) is 3.10. The van der Waals surface area contributed by atoms with Gasteiger partial charge in [-0.25, -0.2) is 0 Å². The highest BCUT2D eigenvalue weighted by Crippen LogP contribution is 2.24. The molecule has 0 aliphatic carbocycles. The van der Waals surface area contributed by atoms with Crippen molar-refractivity contribution >= 4 is 10.9 Å². The molecule has 3 nitrogen and oxygen atoms in total. The fourth-order valence-electron chi connectivity index (χ4n) is 2.70. The van der Waals surface area contributed by atoms with Crippen LogP contribution in [0.15, 0.2) is 36.5 Å². The van der Waals surface area contributed by atoms with Crippen LogP contribution in [0.1, 0.15) is 19.3 Å². The van der Waals surface area contributed by atoms with Crippen LogP contribution >= 0.6 is 0 Å². The molecule has 1 saturated heterocycles. The molecule has 1 fully saturated rings. The maximum atomic E-state index is 5.94. The number of para-hydroxylation sites is 1. The number of fused-ring (bicyclic) bond motifs is 1. The minimum absolute atomic E-state index is 0.792. The number of rotatable bonds is 4. The van der Waals surface area contributed by atoms with Crippen LogP contribution in [-0.4, -0.2) is 24.7 Å². The Hall–Kier alpha value is -1.61. The summed E-state index contributed by atoms with van der Waals surface area (Å²) < 4.78 is 5.94. The number of nitrogens with one attached hydrogen (secondary N) is 1. The number of nitrogens with zero attached hydrogens (tertiary/aromatic N) is 1. The standard InChI is InChI=1S/C16H20N2O/c1-3-14-4-2-9-18-16(14)15(5-1)19-12-8-13-6-10-17-11-7-13/h1-5,9,13,17H,6-8,10-12H2. The maximum absolute atomic E-state index is 5.94. The summed E-state index contributed by atoms with van der Waals surface area (Å²) in [4.78, 5) is 4.41. The van der Waals surface area contributed by atoms with Gasteiger partial charge in [-0.05, 0) is 50.4 Å². The first kappa shape index (κ1) is 12.4. The van der Waals surface area contributed by atoms with Crippen LogP contribution in [-0.2, 0) is 0 Å². The lowest BCUT2D eigenvalue weighted by atomic mass is 9.95. The molecule has 1 aliphatic rings. The largest absolute Gasteiger partial charge is 0.491 e. The molecule has 1 aliphatic heterocycles. The third-order valence-electron chi connectivity index (χ3n) is 3.84. The molecule has 100 valence electrons. The number of hydrogen-bond acceptors (Lipinski definition) is 3. The first-order valence-corrected chi connectivity index (χ1v) is 7.11. The summed E-state index contributed by atoms with van der Waals surface area (Å²) >= 11 is 0. The highest BCUT2D eigenvalue weighted by molar-refractivity contribution is 5.84. The second-order valence-corrected chi connectivity index (χ2v) is 5.16. The van der Waals surface area contributed by atoms with Gasteiger partial charge in [0.05, 0.1) is 6.61 Å². The number of ether oxygens (including phenoxy) is 1. The summed E-state index contributed by atoms with van der Waals surface area (Å²) in [7, 11) is 0. The van der Waals surface area contributed by atoms with Crippen LogP contribution in [0.2, 0.25) is 0 Å². The van der Waals surface area contributed by atoms with Gasteiger partial charge in [-0.15, -0.1) is 0 Å². The lowest BCUT2D eigenvalue weighted by Gasteiger charge is -2.22.